The van der Waals surface area contributed by atoms with Crippen LogP contribution in [0.4, 0.5) is 0 Å². The van der Waals surface area contributed by atoms with E-state index in [-0.39, 0.29) is 11.3 Å². The number of H-pyrrole nitrogens is 1. The summed E-state index contributed by atoms with van der Waals surface area (Å²) in [4.78, 5) is 29.8. The van der Waals surface area contributed by atoms with E-state index in [9.17, 15) is 14.7 Å². The summed E-state index contributed by atoms with van der Waals surface area (Å²) in [5.74, 6) is -1.43. The summed E-state index contributed by atoms with van der Waals surface area (Å²) in [5, 5.41) is 18.1. The molecule has 30 heavy (non-hydrogen) atoms. The summed E-state index contributed by atoms with van der Waals surface area (Å²) in [6, 6.07) is 8.73. The summed E-state index contributed by atoms with van der Waals surface area (Å²) in [7, 11) is 0. The van der Waals surface area contributed by atoms with E-state index in [1.165, 1.54) is 0 Å². The minimum Gasteiger partial charge on any atom is -0.507 e. The maximum absolute atomic E-state index is 13.0. The second kappa shape index (κ2) is 8.41. The van der Waals surface area contributed by atoms with Gasteiger partial charge in [-0.1, -0.05) is 30.3 Å². The van der Waals surface area contributed by atoms with E-state index in [0.29, 0.717) is 43.3 Å². The molecule has 1 atom stereocenters. The van der Waals surface area contributed by atoms with Crippen LogP contribution in [0.5, 0.6) is 0 Å². The van der Waals surface area contributed by atoms with Crippen LogP contribution in [0.15, 0.2) is 35.9 Å². The first-order valence-electron chi connectivity index (χ1n) is 10.1. The van der Waals surface area contributed by atoms with Crippen molar-refractivity contribution in [2.45, 2.75) is 19.9 Å². The van der Waals surface area contributed by atoms with Crippen LogP contribution in [-0.2, 0) is 14.3 Å². The van der Waals surface area contributed by atoms with Crippen molar-refractivity contribution >= 4 is 17.4 Å². The molecule has 0 spiro atoms. The number of Topliss-reactive ketones (excluding diaryl/α,β-unsaturated/α-hetero) is 1. The van der Waals surface area contributed by atoms with Crippen molar-refractivity contribution in [2.24, 2.45) is 0 Å². The Hall–Kier alpha value is -2.97. The molecule has 2 fully saturated rings. The van der Waals surface area contributed by atoms with Gasteiger partial charge >= 0.3 is 0 Å². The van der Waals surface area contributed by atoms with Gasteiger partial charge in [-0.15, -0.1) is 0 Å². The molecule has 2 aliphatic heterocycles. The maximum atomic E-state index is 13.0. The normalized spacial score (nSPS) is 22.1. The third-order valence-corrected chi connectivity index (χ3v) is 5.78. The number of hydrogen-bond donors (Lipinski definition) is 2. The first-order chi connectivity index (χ1) is 14.5. The molecule has 1 amide bonds. The van der Waals surface area contributed by atoms with Gasteiger partial charge in [-0.2, -0.15) is 5.10 Å². The quantitative estimate of drug-likeness (QED) is 0.443. The lowest BCUT2D eigenvalue weighted by Gasteiger charge is -2.31. The predicted molar refractivity (Wildman–Crippen MR) is 111 cm³/mol. The largest absolute Gasteiger partial charge is 0.507 e. The lowest BCUT2D eigenvalue weighted by Crippen LogP contribution is -2.42. The van der Waals surface area contributed by atoms with Crippen molar-refractivity contribution in [2.75, 3.05) is 39.4 Å². The molecule has 158 valence electrons. The summed E-state index contributed by atoms with van der Waals surface area (Å²) < 4.78 is 5.39. The zero-order valence-corrected chi connectivity index (χ0v) is 17.2. The molecule has 0 saturated carbocycles. The number of ketones is 1. The third-order valence-electron chi connectivity index (χ3n) is 5.78. The number of carbonyl (C=O) groups excluding carboxylic acids is 2. The molecule has 2 N–H and O–H groups in total. The van der Waals surface area contributed by atoms with Crippen molar-refractivity contribution in [3.63, 3.8) is 0 Å². The van der Waals surface area contributed by atoms with Gasteiger partial charge in [0.15, 0.2) is 0 Å². The summed E-state index contributed by atoms with van der Waals surface area (Å²) in [6.07, 6.45) is 0. The second-order valence-electron chi connectivity index (χ2n) is 7.67. The molecule has 1 aromatic carbocycles. The number of aromatic nitrogens is 2. The molecule has 0 bridgehead atoms. The van der Waals surface area contributed by atoms with E-state index >= 15 is 0 Å². The van der Waals surface area contributed by atoms with Crippen molar-refractivity contribution in [3.05, 3.63) is 58.4 Å². The molecule has 2 aliphatic rings. The highest BCUT2D eigenvalue weighted by molar-refractivity contribution is 6.46. The summed E-state index contributed by atoms with van der Waals surface area (Å²) >= 11 is 0. The molecular weight excluding hydrogens is 384 g/mol. The number of carbonyl (C=O) groups is 2. The number of nitrogens with zero attached hydrogens (tertiary/aromatic N) is 3. The minimum absolute atomic E-state index is 0.112. The Morgan fingerprint density at radius 3 is 2.50 bits per heavy atom. The fourth-order valence-electron chi connectivity index (χ4n) is 4.20. The van der Waals surface area contributed by atoms with E-state index in [0.717, 1.165) is 18.7 Å². The van der Waals surface area contributed by atoms with Crippen molar-refractivity contribution < 1.29 is 19.4 Å². The Labute approximate surface area is 175 Å². The van der Waals surface area contributed by atoms with Gasteiger partial charge in [0.25, 0.3) is 11.7 Å². The van der Waals surface area contributed by atoms with E-state index in [2.05, 4.69) is 15.1 Å². The monoisotopic (exact) mass is 410 g/mol. The SMILES string of the molecule is Cc1n[nH]c(C)c1/C(O)=C1\C(=O)C(=O)N(CCN2CCOCC2)[C@H]1c1ccccc1. The van der Waals surface area contributed by atoms with E-state index in [1.807, 2.05) is 30.3 Å². The van der Waals surface area contributed by atoms with Crippen LogP contribution >= 0.6 is 0 Å². The number of aromatic amines is 1. The Morgan fingerprint density at radius 2 is 1.87 bits per heavy atom. The van der Waals surface area contributed by atoms with Gasteiger partial charge in [-0.25, -0.2) is 0 Å². The number of rotatable bonds is 5. The van der Waals surface area contributed by atoms with Crippen molar-refractivity contribution in [3.8, 4) is 0 Å². The topological polar surface area (TPSA) is 98.8 Å². The molecule has 0 radical (unpaired) electrons. The molecule has 3 heterocycles. The van der Waals surface area contributed by atoms with Gasteiger partial charge in [0.2, 0.25) is 0 Å². The third kappa shape index (κ3) is 3.64. The van der Waals surface area contributed by atoms with Crippen molar-refractivity contribution in [1.82, 2.24) is 20.0 Å². The average Bonchev–Trinajstić information content (AvgIpc) is 3.23. The molecule has 0 aliphatic carbocycles. The van der Waals surface area contributed by atoms with Crippen LogP contribution in [-0.4, -0.2) is 76.2 Å². The molecule has 4 rings (SSSR count). The van der Waals surface area contributed by atoms with Gasteiger partial charge in [0, 0.05) is 31.9 Å². The van der Waals surface area contributed by atoms with Gasteiger partial charge in [-0.3, -0.25) is 19.6 Å². The van der Waals surface area contributed by atoms with Crippen LogP contribution in [0.2, 0.25) is 0 Å². The minimum atomic E-state index is -0.664. The number of aliphatic hydroxyl groups excluding tert-OH is 1. The second-order valence-corrected chi connectivity index (χ2v) is 7.67. The van der Waals surface area contributed by atoms with Gasteiger partial charge in [0.05, 0.1) is 36.1 Å². The Balaban J connectivity index is 1.74. The van der Waals surface area contributed by atoms with E-state index < -0.39 is 17.7 Å². The maximum Gasteiger partial charge on any atom is 0.295 e. The van der Waals surface area contributed by atoms with E-state index in [1.54, 1.807) is 18.7 Å². The molecular formula is C22H26N4O4. The van der Waals surface area contributed by atoms with Gasteiger partial charge in [0.1, 0.15) is 5.76 Å². The molecule has 2 aromatic rings. The number of aryl methyl sites for hydroxylation is 2. The Morgan fingerprint density at radius 1 is 1.17 bits per heavy atom. The predicted octanol–water partition coefficient (Wildman–Crippen LogP) is 1.78. The average molecular weight is 410 g/mol. The number of ether oxygens (including phenoxy) is 1. The van der Waals surface area contributed by atoms with Crippen LogP contribution in [0, 0.1) is 13.8 Å². The zero-order valence-electron chi connectivity index (χ0n) is 17.2. The fraction of sp³-hybridized carbons (Fsp3) is 0.409. The number of amides is 1. The summed E-state index contributed by atoms with van der Waals surface area (Å²) in [5.41, 5.74) is 2.61. The molecule has 8 nitrogen and oxygen atoms in total. The van der Waals surface area contributed by atoms with Crippen molar-refractivity contribution in [1.29, 1.82) is 0 Å². The summed E-state index contributed by atoms with van der Waals surface area (Å²) in [6.45, 7) is 7.50. The number of morpholine rings is 1. The number of nitrogens with one attached hydrogen (secondary N) is 1. The standard InChI is InChI=1S/C22H26N4O4/c1-14-17(15(2)24-23-14)20(27)18-19(16-6-4-3-5-7-16)26(22(29)21(18)28)9-8-25-10-12-30-13-11-25/h3-7,19,27H,8-13H2,1-2H3,(H,23,24)/b20-18+/t19-/m0/s1. The first-order valence-corrected chi connectivity index (χ1v) is 10.1. The fourth-order valence-corrected chi connectivity index (χ4v) is 4.20. The van der Waals surface area contributed by atoms with Crippen LogP contribution in [0.3, 0.4) is 0 Å². The number of likely N-dealkylation sites (tertiary alicyclic amines) is 1. The highest BCUT2D eigenvalue weighted by Gasteiger charge is 2.46. The molecule has 0 unspecified atom stereocenters. The smallest absolute Gasteiger partial charge is 0.295 e. The van der Waals surface area contributed by atoms with Gasteiger partial charge < -0.3 is 14.7 Å². The Kier molecular flexibility index (Phi) is 5.69. The molecule has 1 aromatic heterocycles. The van der Waals surface area contributed by atoms with Gasteiger partial charge in [-0.05, 0) is 19.4 Å². The van der Waals surface area contributed by atoms with Crippen LogP contribution in [0.1, 0.15) is 28.6 Å². The lowest BCUT2D eigenvalue weighted by atomic mass is 9.95. The molecule has 2 saturated heterocycles. The van der Waals surface area contributed by atoms with Crippen LogP contribution in [0.25, 0.3) is 5.76 Å². The number of hydrogen-bond acceptors (Lipinski definition) is 6. The highest BCUT2D eigenvalue weighted by atomic mass is 16.5. The lowest BCUT2D eigenvalue weighted by molar-refractivity contribution is -0.140. The Bertz CT molecular complexity index is 957. The first kappa shape index (κ1) is 20.3. The zero-order chi connectivity index (χ0) is 21.3. The number of aliphatic hydroxyl groups is 1. The van der Waals surface area contributed by atoms with E-state index in [4.69, 9.17) is 4.74 Å². The molecule has 8 heteroatoms. The number of benzene rings is 1. The highest BCUT2D eigenvalue weighted by Crippen LogP contribution is 2.39. The van der Waals surface area contributed by atoms with Crippen LogP contribution < -0.4 is 0 Å².